The summed E-state index contributed by atoms with van der Waals surface area (Å²) >= 11 is 0. The molecular formula is C28H49Na7O22P4. The van der Waals surface area contributed by atoms with Crippen LogP contribution in [-0.2, 0) is 59.9 Å². The number of rotatable bonds is 29. The van der Waals surface area contributed by atoms with Crippen LogP contribution in [0.25, 0.3) is 0 Å². The first kappa shape index (κ1) is 81.4. The summed E-state index contributed by atoms with van der Waals surface area (Å²) in [5.74, 6) is -1.69. The number of aliphatic hydroxyl groups excluding tert-OH is 2. The van der Waals surface area contributed by atoms with E-state index in [0.717, 1.165) is 39.0 Å². The van der Waals surface area contributed by atoms with Crippen molar-refractivity contribution >= 4 is 43.2 Å². The molecule has 61 heavy (non-hydrogen) atoms. The molecule has 0 heterocycles. The number of hydrogen-bond acceptors (Lipinski definition) is 22. The molecule has 0 aromatic carbocycles. The van der Waals surface area contributed by atoms with Crippen molar-refractivity contribution in [2.45, 2.75) is 153 Å². The van der Waals surface area contributed by atoms with Gasteiger partial charge in [0.25, 0.3) is 7.82 Å². The number of hydrogen-bond donors (Lipinski definition) is 2. The molecule has 22 nitrogen and oxygen atoms in total. The minimum absolute atomic E-state index is 0. The second kappa shape index (κ2) is 42.8. The smallest absolute Gasteiger partial charge is 0.790 e. The molecule has 0 amide bonds. The second-order valence-electron chi connectivity index (χ2n) is 12.6. The van der Waals surface area contributed by atoms with Crippen LogP contribution in [0, 0.1) is 0 Å². The van der Waals surface area contributed by atoms with Gasteiger partial charge >= 0.3 is 219 Å². The summed E-state index contributed by atoms with van der Waals surface area (Å²) in [7, 11) is -25.0. The van der Waals surface area contributed by atoms with Gasteiger partial charge in [0.2, 0.25) is 0 Å². The molecule has 3 unspecified atom stereocenters. The van der Waals surface area contributed by atoms with Crippen LogP contribution >= 0.6 is 31.3 Å². The Bertz CT molecular complexity index is 1290. The van der Waals surface area contributed by atoms with Gasteiger partial charge in [-0.1, -0.05) is 90.4 Å². The number of esters is 2. The van der Waals surface area contributed by atoms with Crippen molar-refractivity contribution < 1.29 is 311 Å². The summed E-state index contributed by atoms with van der Waals surface area (Å²) < 4.78 is 77.2. The number of aliphatic hydroxyl groups is 2. The van der Waals surface area contributed by atoms with E-state index in [2.05, 4.69) is 29.5 Å². The Morgan fingerprint density at radius 1 is 0.525 bits per heavy atom. The fourth-order valence-electron chi connectivity index (χ4n) is 5.51. The van der Waals surface area contributed by atoms with Crippen LogP contribution in [0.4, 0.5) is 0 Å². The maximum atomic E-state index is 12.7. The summed E-state index contributed by atoms with van der Waals surface area (Å²) in [5, 5.41) is 21.1. The Hall–Kier alpha value is 6.30. The van der Waals surface area contributed by atoms with Crippen molar-refractivity contribution in [1.82, 2.24) is 0 Å². The van der Waals surface area contributed by atoms with Crippen LogP contribution in [0.2, 0.25) is 0 Å². The van der Waals surface area contributed by atoms with Crippen molar-refractivity contribution in [3.05, 3.63) is 0 Å². The van der Waals surface area contributed by atoms with Gasteiger partial charge in [0, 0.05) is 13.3 Å². The first-order valence-corrected chi connectivity index (χ1v) is 23.2. The minimum Gasteiger partial charge on any atom is -0.790 e. The number of carbonyl (C=O) groups excluding carboxylic acids is 2. The van der Waals surface area contributed by atoms with Gasteiger partial charge in [0.15, 0.2) is 6.10 Å². The topological polar surface area (TPSA) is 369 Å². The zero-order valence-corrected chi connectivity index (χ0v) is 54.5. The number of ether oxygens (including phenoxy) is 2. The summed E-state index contributed by atoms with van der Waals surface area (Å²) in [4.78, 5) is 104. The molecule has 0 saturated heterocycles. The minimum atomic E-state index is -6.35. The molecule has 0 bridgehead atoms. The fourth-order valence-corrected chi connectivity index (χ4v) is 8.10. The standard InChI is InChI=1S/C28H56O22P4.7Na/c1-3-4-5-6-7-8-9-10-11-12-13-14-15-16-17-22(30)44-18-21(46-20(2)29)19-45-54(42,43)50-25-23(31)26(47-51(33,34)35)28(49-53(39,40)41)27(24(25)32)48-52(36,37)38;;;;;;;/h21,23-28,31-32H,3-19H2,1-2H3,(H,42,43)(H2,33,34,35)(H2,36,37,38)(H2,39,40,41);;;;;;;/q;7*+1/p-7/t21-,23+,24+,25?,26-,27+,28?;;;;;;;/m1......./s1. The summed E-state index contributed by atoms with van der Waals surface area (Å²) in [6.07, 6.45) is -4.10. The van der Waals surface area contributed by atoms with Crippen molar-refractivity contribution in [1.29, 1.82) is 0 Å². The molecular weight excluding hydrogens is 973 g/mol. The van der Waals surface area contributed by atoms with Crippen LogP contribution in [-0.4, -0.2) is 78.1 Å². The molecule has 1 fully saturated rings. The monoisotopic (exact) mass is 1020 g/mol. The van der Waals surface area contributed by atoms with E-state index >= 15 is 0 Å². The molecule has 320 valence electrons. The van der Waals surface area contributed by atoms with E-state index < -0.39 is 99.2 Å². The normalized spacial score (nSPS) is 21.4. The maximum Gasteiger partial charge on any atom is 1.00 e. The molecule has 33 heteroatoms. The van der Waals surface area contributed by atoms with Gasteiger partial charge in [0.05, 0.1) is 30.1 Å². The van der Waals surface area contributed by atoms with Crippen LogP contribution in [0.3, 0.4) is 0 Å². The SMILES string of the molecule is CCCCCCCCCCCCCCCCC(=O)OC[C@H](COP(=O)([O-])OC1[C@H](O)[C@H](OP(=O)([O-])[O-])C(OP(=O)([O-])[O-])[C@H](OP(=O)([O-])[O-])[C@H]1O)OC(C)=O.[Na+].[Na+].[Na+].[Na+].[Na+].[Na+].[Na+]. The summed E-state index contributed by atoms with van der Waals surface area (Å²) in [6, 6.07) is 0. The average Bonchev–Trinajstić information content (AvgIpc) is 3.03. The number of phosphoric acid groups is 4. The third-order valence-corrected chi connectivity index (χ3v) is 10.4. The Labute approximate surface area is 512 Å². The molecule has 0 aromatic heterocycles. The van der Waals surface area contributed by atoms with Crippen molar-refractivity contribution in [3.63, 3.8) is 0 Å². The van der Waals surface area contributed by atoms with E-state index in [0.29, 0.717) is 6.42 Å². The zero-order valence-electron chi connectivity index (χ0n) is 36.9. The molecule has 1 saturated carbocycles. The van der Waals surface area contributed by atoms with E-state index in [-0.39, 0.29) is 213 Å². The van der Waals surface area contributed by atoms with Gasteiger partial charge in [-0.05, 0) is 6.42 Å². The number of carbonyl (C=O) groups is 2. The van der Waals surface area contributed by atoms with E-state index in [1.54, 1.807) is 0 Å². The van der Waals surface area contributed by atoms with Gasteiger partial charge in [-0.25, -0.2) is 0 Å². The Morgan fingerprint density at radius 2 is 0.869 bits per heavy atom. The molecule has 8 atom stereocenters. The van der Waals surface area contributed by atoms with E-state index in [4.69, 9.17) is 9.47 Å². The largest absolute Gasteiger partial charge is 1.00 e. The number of phosphoric ester groups is 4. The van der Waals surface area contributed by atoms with Gasteiger partial charge in [-0.3, -0.25) is 14.2 Å². The van der Waals surface area contributed by atoms with Gasteiger partial charge in [-0.15, -0.1) is 0 Å². The summed E-state index contributed by atoms with van der Waals surface area (Å²) in [5.41, 5.74) is 0. The van der Waals surface area contributed by atoms with Gasteiger partial charge < -0.3 is 90.3 Å². The molecule has 1 aliphatic rings. The van der Waals surface area contributed by atoms with E-state index in [9.17, 15) is 72.3 Å². The molecule has 0 aromatic rings. The van der Waals surface area contributed by atoms with Gasteiger partial charge in [-0.2, -0.15) is 0 Å². The van der Waals surface area contributed by atoms with Crippen molar-refractivity contribution in [3.8, 4) is 0 Å². The average molecular weight is 1020 g/mol. The van der Waals surface area contributed by atoms with Gasteiger partial charge in [0.1, 0.15) is 43.2 Å². The third kappa shape index (κ3) is 41.5. The maximum absolute atomic E-state index is 12.7. The number of unbranched alkanes of at least 4 members (excludes halogenated alkanes) is 13. The molecule has 0 radical (unpaired) electrons. The quantitative estimate of drug-likeness (QED) is 0.0304. The molecule has 1 aliphatic carbocycles. The van der Waals surface area contributed by atoms with Crippen LogP contribution < -0.4 is 241 Å². The first-order chi connectivity index (χ1) is 24.9. The first-order valence-electron chi connectivity index (χ1n) is 17.4. The predicted octanol–water partition coefficient (Wildman–Crippen LogP) is -22.4. The Morgan fingerprint density at radius 3 is 1.21 bits per heavy atom. The van der Waals surface area contributed by atoms with Crippen molar-refractivity contribution in [2.24, 2.45) is 0 Å². The van der Waals surface area contributed by atoms with Crippen LogP contribution in [0.5, 0.6) is 0 Å². The zero-order chi connectivity index (χ0) is 41.2. The van der Waals surface area contributed by atoms with E-state index in [1.807, 2.05) is 0 Å². The van der Waals surface area contributed by atoms with Crippen LogP contribution in [0.1, 0.15) is 110 Å². The fraction of sp³-hybridized carbons (Fsp3) is 0.929. The third-order valence-electron chi connectivity index (χ3n) is 7.91. The molecule has 2 N–H and O–H groups in total. The van der Waals surface area contributed by atoms with E-state index in [1.165, 1.54) is 51.4 Å². The molecule has 0 spiro atoms. The van der Waals surface area contributed by atoms with Crippen molar-refractivity contribution in [2.75, 3.05) is 13.2 Å². The van der Waals surface area contributed by atoms with Crippen LogP contribution in [0.15, 0.2) is 0 Å². The predicted molar refractivity (Wildman–Crippen MR) is 169 cm³/mol. The second-order valence-corrected chi connectivity index (χ2v) is 17.3. The summed E-state index contributed by atoms with van der Waals surface area (Å²) in [6.45, 7) is 1.25. The molecule has 1 rings (SSSR count). The molecule has 0 aliphatic heterocycles. The Kier molecular flexibility index (Phi) is 57.0. The Balaban J connectivity index is -0.000000833.